The van der Waals surface area contributed by atoms with E-state index in [2.05, 4.69) is 16.8 Å². The van der Waals surface area contributed by atoms with Crippen molar-refractivity contribution in [2.75, 3.05) is 13.1 Å². The molecule has 1 aliphatic heterocycles. The van der Waals surface area contributed by atoms with Gasteiger partial charge in [-0.05, 0) is 56.1 Å². The first-order valence-corrected chi connectivity index (χ1v) is 9.38. The number of thiazole rings is 1. The quantitative estimate of drug-likeness (QED) is 0.634. The summed E-state index contributed by atoms with van der Waals surface area (Å²) in [5.41, 5.74) is 1.93. The van der Waals surface area contributed by atoms with E-state index in [4.69, 9.17) is 4.98 Å². The Kier molecular flexibility index (Phi) is 4.48. The minimum absolute atomic E-state index is 0.309. The number of aromatic nitrogens is 2. The highest BCUT2D eigenvalue weighted by molar-refractivity contribution is 7.18. The Morgan fingerprint density at radius 1 is 1.20 bits per heavy atom. The molecule has 3 aromatic rings. The van der Waals surface area contributed by atoms with Gasteiger partial charge >= 0.3 is 0 Å². The number of hydrogen-bond acceptors (Lipinski definition) is 4. The zero-order chi connectivity index (χ0) is 17.4. The summed E-state index contributed by atoms with van der Waals surface area (Å²) in [6.45, 7) is 4.49. The van der Waals surface area contributed by atoms with Crippen LogP contribution in [-0.2, 0) is 6.42 Å². The van der Waals surface area contributed by atoms with Crippen molar-refractivity contribution < 1.29 is 8.78 Å². The van der Waals surface area contributed by atoms with Crippen molar-refractivity contribution in [1.29, 1.82) is 0 Å². The summed E-state index contributed by atoms with van der Waals surface area (Å²) in [6, 6.07) is 8.88. The second kappa shape index (κ2) is 6.77. The molecule has 0 N–H and O–H groups in total. The van der Waals surface area contributed by atoms with Crippen molar-refractivity contribution in [2.24, 2.45) is 0 Å². The lowest BCUT2D eigenvalue weighted by atomic mass is 10.1. The van der Waals surface area contributed by atoms with Gasteiger partial charge in [0.25, 0.3) is 0 Å². The van der Waals surface area contributed by atoms with E-state index >= 15 is 0 Å². The summed E-state index contributed by atoms with van der Waals surface area (Å²) in [5.74, 6) is -1.59. The highest BCUT2D eigenvalue weighted by atomic mass is 32.1. The number of likely N-dealkylation sites (tertiary alicyclic amines) is 1. The van der Waals surface area contributed by atoms with Gasteiger partial charge in [-0.3, -0.25) is 0 Å². The lowest BCUT2D eigenvalue weighted by Gasteiger charge is -2.19. The minimum Gasteiger partial charge on any atom is -0.300 e. The number of benzene rings is 1. The molecule has 1 atom stereocenters. The maximum Gasteiger partial charge on any atom is 0.223 e. The fourth-order valence-corrected chi connectivity index (χ4v) is 4.43. The van der Waals surface area contributed by atoms with Crippen LogP contribution in [0.3, 0.4) is 0 Å². The average Bonchev–Trinajstić information content (AvgIpc) is 3.17. The molecular weight excluding hydrogens is 340 g/mol. The van der Waals surface area contributed by atoms with Crippen molar-refractivity contribution >= 4 is 21.6 Å². The normalized spacial score (nSPS) is 18.3. The second-order valence-electron chi connectivity index (χ2n) is 6.54. The summed E-state index contributed by atoms with van der Waals surface area (Å²) in [5, 5.41) is 1.10. The fraction of sp³-hybridized carbons (Fsp3) is 0.368. The van der Waals surface area contributed by atoms with E-state index in [1.54, 1.807) is 11.3 Å². The topological polar surface area (TPSA) is 29.0 Å². The molecule has 0 radical (unpaired) electrons. The van der Waals surface area contributed by atoms with Crippen molar-refractivity contribution in [1.82, 2.24) is 14.9 Å². The predicted molar refractivity (Wildman–Crippen MR) is 96.7 cm³/mol. The van der Waals surface area contributed by atoms with Gasteiger partial charge in [0, 0.05) is 24.6 Å². The second-order valence-corrected chi connectivity index (χ2v) is 7.65. The molecule has 3 heterocycles. The number of halogens is 2. The van der Waals surface area contributed by atoms with Crippen LogP contribution in [0.5, 0.6) is 0 Å². The van der Waals surface area contributed by atoms with Crippen LogP contribution in [0.15, 0.2) is 30.3 Å². The molecule has 0 amide bonds. The van der Waals surface area contributed by atoms with Crippen LogP contribution in [0.1, 0.15) is 24.8 Å². The molecule has 0 saturated carbocycles. The molecular formula is C19H19F2N3S. The largest absolute Gasteiger partial charge is 0.300 e. The van der Waals surface area contributed by atoms with Gasteiger partial charge in [-0.25, -0.2) is 4.98 Å². The Hall–Kier alpha value is -1.92. The van der Waals surface area contributed by atoms with Crippen molar-refractivity contribution in [3.05, 3.63) is 47.2 Å². The molecule has 4 rings (SSSR count). The van der Waals surface area contributed by atoms with Gasteiger partial charge in [0.15, 0.2) is 0 Å². The Morgan fingerprint density at radius 2 is 2.08 bits per heavy atom. The van der Waals surface area contributed by atoms with Crippen LogP contribution in [0.2, 0.25) is 0 Å². The summed E-state index contributed by atoms with van der Waals surface area (Å²) in [6.07, 6.45) is 3.49. The van der Waals surface area contributed by atoms with E-state index in [0.29, 0.717) is 17.2 Å². The lowest BCUT2D eigenvalue weighted by Crippen LogP contribution is -2.28. The molecule has 1 aliphatic rings. The molecule has 1 aromatic carbocycles. The minimum atomic E-state index is -0.807. The zero-order valence-electron chi connectivity index (χ0n) is 14.0. The first-order chi connectivity index (χ1) is 12.1. The molecule has 1 saturated heterocycles. The van der Waals surface area contributed by atoms with Gasteiger partial charge in [-0.1, -0.05) is 6.07 Å². The third-order valence-corrected chi connectivity index (χ3v) is 5.94. The third-order valence-electron chi connectivity index (χ3n) is 4.86. The SMILES string of the molecule is C[C@@H]1CCCN1CCc1nc2ccc(-c3ccc(F)nc3F)cc2s1. The van der Waals surface area contributed by atoms with Crippen LogP contribution < -0.4 is 0 Å². The molecule has 6 heteroatoms. The van der Waals surface area contributed by atoms with Crippen molar-refractivity contribution in [2.45, 2.75) is 32.2 Å². The maximum atomic E-state index is 13.9. The molecule has 2 aromatic heterocycles. The summed E-state index contributed by atoms with van der Waals surface area (Å²) < 4.78 is 27.9. The smallest absolute Gasteiger partial charge is 0.223 e. The van der Waals surface area contributed by atoms with E-state index in [0.717, 1.165) is 28.2 Å². The molecule has 0 aliphatic carbocycles. The molecule has 130 valence electrons. The highest BCUT2D eigenvalue weighted by Gasteiger charge is 2.20. The number of hydrogen-bond donors (Lipinski definition) is 0. The van der Waals surface area contributed by atoms with Gasteiger partial charge in [-0.2, -0.15) is 13.8 Å². The van der Waals surface area contributed by atoms with E-state index in [1.807, 2.05) is 18.2 Å². The Bertz CT molecular complexity index is 909. The van der Waals surface area contributed by atoms with Crippen molar-refractivity contribution in [3.8, 4) is 11.1 Å². The Labute approximate surface area is 149 Å². The standard InChI is InChI=1S/C19H19F2N3S/c1-12-3-2-9-24(12)10-8-18-22-15-6-4-13(11-16(15)25-18)14-5-7-17(20)23-19(14)21/h4-7,11-12H,2-3,8-10H2,1H3/t12-/m1/s1. The van der Waals surface area contributed by atoms with Crippen LogP contribution in [-0.4, -0.2) is 34.0 Å². The summed E-state index contributed by atoms with van der Waals surface area (Å²) in [7, 11) is 0. The van der Waals surface area contributed by atoms with Gasteiger partial charge in [-0.15, -0.1) is 11.3 Å². The first kappa shape index (κ1) is 16.5. The third kappa shape index (κ3) is 3.41. The van der Waals surface area contributed by atoms with Gasteiger partial charge in [0.05, 0.1) is 15.2 Å². The molecule has 0 spiro atoms. The predicted octanol–water partition coefficient (Wildman–Crippen LogP) is 4.66. The summed E-state index contributed by atoms with van der Waals surface area (Å²) in [4.78, 5) is 10.5. The van der Waals surface area contributed by atoms with Crippen molar-refractivity contribution in [3.63, 3.8) is 0 Å². The number of pyridine rings is 1. The van der Waals surface area contributed by atoms with Crippen LogP contribution in [0.4, 0.5) is 8.78 Å². The lowest BCUT2D eigenvalue weighted by molar-refractivity contribution is 0.272. The van der Waals surface area contributed by atoms with E-state index < -0.39 is 11.9 Å². The summed E-state index contributed by atoms with van der Waals surface area (Å²) >= 11 is 1.65. The average molecular weight is 359 g/mol. The Balaban J connectivity index is 1.56. The van der Waals surface area contributed by atoms with Gasteiger partial charge in [0.1, 0.15) is 0 Å². The van der Waals surface area contributed by atoms with E-state index in [-0.39, 0.29) is 0 Å². The fourth-order valence-electron chi connectivity index (χ4n) is 3.44. The highest BCUT2D eigenvalue weighted by Crippen LogP contribution is 2.30. The molecule has 1 fully saturated rings. The molecule has 0 unspecified atom stereocenters. The molecule has 0 bridgehead atoms. The molecule has 25 heavy (non-hydrogen) atoms. The number of fused-ring (bicyclic) bond motifs is 1. The van der Waals surface area contributed by atoms with Gasteiger partial charge in [0.2, 0.25) is 11.9 Å². The number of nitrogens with zero attached hydrogens (tertiary/aromatic N) is 3. The number of rotatable bonds is 4. The molecule has 3 nitrogen and oxygen atoms in total. The zero-order valence-corrected chi connectivity index (χ0v) is 14.8. The van der Waals surface area contributed by atoms with E-state index in [9.17, 15) is 8.78 Å². The first-order valence-electron chi connectivity index (χ1n) is 8.56. The van der Waals surface area contributed by atoms with Crippen LogP contribution >= 0.6 is 11.3 Å². The monoisotopic (exact) mass is 359 g/mol. The van der Waals surface area contributed by atoms with E-state index in [1.165, 1.54) is 31.5 Å². The van der Waals surface area contributed by atoms with Gasteiger partial charge < -0.3 is 4.90 Å². The van der Waals surface area contributed by atoms with Crippen LogP contribution in [0.25, 0.3) is 21.3 Å². The maximum absolute atomic E-state index is 13.9. The van der Waals surface area contributed by atoms with Crippen LogP contribution in [0, 0.1) is 11.9 Å². The Morgan fingerprint density at radius 3 is 2.84 bits per heavy atom.